The molecule has 0 bridgehead atoms. The van der Waals surface area contributed by atoms with E-state index in [2.05, 4.69) is 9.80 Å². The molecule has 4 nitrogen and oxygen atoms in total. The van der Waals surface area contributed by atoms with Crippen molar-refractivity contribution in [1.29, 1.82) is 0 Å². The quantitative estimate of drug-likeness (QED) is 0.681. The zero-order valence-corrected chi connectivity index (χ0v) is 15.6. The van der Waals surface area contributed by atoms with E-state index in [0.29, 0.717) is 5.89 Å². The Morgan fingerprint density at radius 1 is 0.963 bits per heavy atom. The monoisotopic (exact) mass is 365 g/mol. The third-order valence-electron chi connectivity index (χ3n) is 5.07. The standard InChI is InChI=1S/C22H24FN3O/c1-17-21(24-22(27-17)18-6-3-2-4-7-18)16-25-12-5-13-26(15-14-25)20-10-8-19(23)9-11-20/h2-4,6-11H,5,12-16H2,1H3. The molecule has 1 aliphatic rings. The first-order chi connectivity index (χ1) is 13.2. The van der Waals surface area contributed by atoms with Gasteiger partial charge in [0, 0.05) is 44.0 Å². The lowest BCUT2D eigenvalue weighted by molar-refractivity contribution is 0.281. The highest BCUT2D eigenvalue weighted by atomic mass is 19.1. The molecule has 140 valence electrons. The molecule has 0 radical (unpaired) electrons. The van der Waals surface area contributed by atoms with Gasteiger partial charge in [0.25, 0.3) is 0 Å². The van der Waals surface area contributed by atoms with Crippen molar-refractivity contribution in [2.75, 3.05) is 31.1 Å². The van der Waals surface area contributed by atoms with Crippen LogP contribution in [0.5, 0.6) is 0 Å². The number of rotatable bonds is 4. The number of aryl methyl sites for hydroxylation is 1. The molecule has 1 aromatic heterocycles. The number of oxazole rings is 1. The molecule has 0 amide bonds. The molecule has 1 fully saturated rings. The number of hydrogen-bond donors (Lipinski definition) is 0. The third kappa shape index (κ3) is 4.19. The van der Waals surface area contributed by atoms with Crippen LogP contribution in [0.2, 0.25) is 0 Å². The van der Waals surface area contributed by atoms with E-state index >= 15 is 0 Å². The average Bonchev–Trinajstić information content (AvgIpc) is 2.90. The second-order valence-electron chi connectivity index (χ2n) is 6.98. The summed E-state index contributed by atoms with van der Waals surface area (Å²) in [6.07, 6.45) is 1.07. The summed E-state index contributed by atoms with van der Waals surface area (Å²) >= 11 is 0. The molecule has 4 rings (SSSR count). The Bertz CT molecular complexity index is 876. The predicted molar refractivity (Wildman–Crippen MR) is 105 cm³/mol. The van der Waals surface area contributed by atoms with E-state index in [1.54, 1.807) is 0 Å². The molecule has 0 spiro atoms. The Kier molecular flexibility index (Phi) is 5.21. The molecule has 2 aromatic carbocycles. The van der Waals surface area contributed by atoms with E-state index in [9.17, 15) is 4.39 Å². The molecule has 1 saturated heterocycles. The van der Waals surface area contributed by atoms with E-state index in [4.69, 9.17) is 9.40 Å². The molecule has 0 N–H and O–H groups in total. The minimum absolute atomic E-state index is 0.189. The summed E-state index contributed by atoms with van der Waals surface area (Å²) in [5, 5.41) is 0. The molecule has 27 heavy (non-hydrogen) atoms. The van der Waals surface area contributed by atoms with Crippen molar-refractivity contribution in [1.82, 2.24) is 9.88 Å². The Hall–Kier alpha value is -2.66. The fourth-order valence-electron chi connectivity index (χ4n) is 3.53. The topological polar surface area (TPSA) is 32.5 Å². The normalized spacial score (nSPS) is 15.7. The Balaban J connectivity index is 1.42. The van der Waals surface area contributed by atoms with Crippen molar-refractivity contribution >= 4 is 5.69 Å². The molecule has 3 aromatic rings. The van der Waals surface area contributed by atoms with Crippen LogP contribution in [0.15, 0.2) is 59.0 Å². The lowest BCUT2D eigenvalue weighted by Gasteiger charge is -2.23. The minimum Gasteiger partial charge on any atom is -0.441 e. The number of benzene rings is 2. The van der Waals surface area contributed by atoms with Gasteiger partial charge in [-0.1, -0.05) is 18.2 Å². The van der Waals surface area contributed by atoms with Gasteiger partial charge in [-0.2, -0.15) is 0 Å². The lowest BCUT2D eigenvalue weighted by atomic mass is 10.2. The second kappa shape index (κ2) is 7.92. The molecule has 5 heteroatoms. The van der Waals surface area contributed by atoms with Crippen molar-refractivity contribution < 1.29 is 8.81 Å². The van der Waals surface area contributed by atoms with Crippen LogP contribution in [0.3, 0.4) is 0 Å². The van der Waals surface area contributed by atoms with Gasteiger partial charge >= 0.3 is 0 Å². The fourth-order valence-corrected chi connectivity index (χ4v) is 3.53. The maximum absolute atomic E-state index is 13.2. The van der Waals surface area contributed by atoms with E-state index in [1.807, 2.05) is 49.4 Å². The molecule has 0 saturated carbocycles. The van der Waals surface area contributed by atoms with Gasteiger partial charge in [0.1, 0.15) is 11.6 Å². The summed E-state index contributed by atoms with van der Waals surface area (Å²) in [5.41, 5.74) is 3.09. The van der Waals surface area contributed by atoms with Crippen LogP contribution in [-0.4, -0.2) is 36.1 Å². The number of anilines is 1. The number of halogens is 1. The van der Waals surface area contributed by atoms with E-state index < -0.39 is 0 Å². The van der Waals surface area contributed by atoms with Crippen LogP contribution < -0.4 is 4.90 Å². The highest BCUT2D eigenvalue weighted by Gasteiger charge is 2.19. The van der Waals surface area contributed by atoms with Gasteiger partial charge in [0.15, 0.2) is 0 Å². The van der Waals surface area contributed by atoms with E-state index in [1.165, 1.54) is 12.1 Å². The number of nitrogens with zero attached hydrogens (tertiary/aromatic N) is 3. The van der Waals surface area contributed by atoms with Crippen molar-refractivity contribution in [2.24, 2.45) is 0 Å². The van der Waals surface area contributed by atoms with Crippen molar-refractivity contribution in [3.63, 3.8) is 0 Å². The maximum Gasteiger partial charge on any atom is 0.226 e. The van der Waals surface area contributed by atoms with Gasteiger partial charge in [-0.15, -0.1) is 0 Å². The molecular formula is C22H24FN3O. The highest BCUT2D eigenvalue weighted by Crippen LogP contribution is 2.23. The summed E-state index contributed by atoms with van der Waals surface area (Å²) in [7, 11) is 0. The maximum atomic E-state index is 13.2. The van der Waals surface area contributed by atoms with Gasteiger partial charge in [-0.3, -0.25) is 4.90 Å². The number of aromatic nitrogens is 1. The Labute approximate surface area is 159 Å². The van der Waals surface area contributed by atoms with E-state index in [-0.39, 0.29) is 5.82 Å². The van der Waals surface area contributed by atoms with Gasteiger partial charge < -0.3 is 9.32 Å². The second-order valence-corrected chi connectivity index (χ2v) is 6.98. The van der Waals surface area contributed by atoms with Gasteiger partial charge in [-0.05, 0) is 49.7 Å². The first kappa shape index (κ1) is 17.7. The van der Waals surface area contributed by atoms with Gasteiger partial charge in [0.05, 0.1) is 5.69 Å². The molecule has 2 heterocycles. The first-order valence-electron chi connectivity index (χ1n) is 9.43. The van der Waals surface area contributed by atoms with Crippen molar-refractivity contribution in [3.8, 4) is 11.5 Å². The Morgan fingerprint density at radius 3 is 2.52 bits per heavy atom. The number of hydrogen-bond acceptors (Lipinski definition) is 4. The Morgan fingerprint density at radius 2 is 1.74 bits per heavy atom. The molecule has 0 atom stereocenters. The van der Waals surface area contributed by atoms with E-state index in [0.717, 1.165) is 61.8 Å². The summed E-state index contributed by atoms with van der Waals surface area (Å²) < 4.78 is 19.0. The predicted octanol–water partition coefficient (Wildman–Crippen LogP) is 4.50. The fraction of sp³-hybridized carbons (Fsp3) is 0.318. The lowest BCUT2D eigenvalue weighted by Crippen LogP contribution is -2.30. The summed E-state index contributed by atoms with van der Waals surface area (Å²) in [6.45, 7) is 6.65. The third-order valence-corrected chi connectivity index (χ3v) is 5.07. The van der Waals surface area contributed by atoms with Crippen LogP contribution in [0.1, 0.15) is 17.9 Å². The highest BCUT2D eigenvalue weighted by molar-refractivity contribution is 5.53. The zero-order chi connectivity index (χ0) is 18.6. The van der Waals surface area contributed by atoms with Crippen LogP contribution in [0.4, 0.5) is 10.1 Å². The minimum atomic E-state index is -0.189. The summed E-state index contributed by atoms with van der Waals surface area (Å²) in [6, 6.07) is 16.8. The van der Waals surface area contributed by atoms with Crippen LogP contribution in [-0.2, 0) is 6.54 Å². The van der Waals surface area contributed by atoms with Crippen LogP contribution in [0, 0.1) is 12.7 Å². The zero-order valence-electron chi connectivity index (χ0n) is 15.6. The van der Waals surface area contributed by atoms with Gasteiger partial charge in [-0.25, -0.2) is 9.37 Å². The van der Waals surface area contributed by atoms with Crippen molar-refractivity contribution in [2.45, 2.75) is 19.9 Å². The molecular weight excluding hydrogens is 341 g/mol. The molecule has 1 aliphatic heterocycles. The van der Waals surface area contributed by atoms with Gasteiger partial charge in [0.2, 0.25) is 5.89 Å². The van der Waals surface area contributed by atoms with Crippen LogP contribution >= 0.6 is 0 Å². The summed E-state index contributed by atoms with van der Waals surface area (Å²) in [4.78, 5) is 9.47. The smallest absolute Gasteiger partial charge is 0.226 e. The van der Waals surface area contributed by atoms with Crippen LogP contribution in [0.25, 0.3) is 11.5 Å². The molecule has 0 aliphatic carbocycles. The first-order valence-corrected chi connectivity index (χ1v) is 9.43. The largest absolute Gasteiger partial charge is 0.441 e. The SMILES string of the molecule is Cc1oc(-c2ccccc2)nc1CN1CCCN(c2ccc(F)cc2)CC1. The van der Waals surface area contributed by atoms with Crippen molar-refractivity contribution in [3.05, 3.63) is 71.9 Å². The summed E-state index contributed by atoms with van der Waals surface area (Å²) in [5.74, 6) is 1.38. The average molecular weight is 365 g/mol. The molecule has 0 unspecified atom stereocenters.